The van der Waals surface area contributed by atoms with E-state index in [-0.39, 0.29) is 36.2 Å². The van der Waals surface area contributed by atoms with Crippen molar-refractivity contribution < 1.29 is 36.7 Å². The molecule has 0 fully saturated rings. The smallest absolute Gasteiger partial charge is 0.265 e. The van der Waals surface area contributed by atoms with E-state index in [1.165, 1.54) is 16.0 Å². The fourth-order valence-electron chi connectivity index (χ4n) is 4.98. The van der Waals surface area contributed by atoms with E-state index in [1.54, 1.807) is 37.3 Å². The summed E-state index contributed by atoms with van der Waals surface area (Å²) in [5.41, 5.74) is 2.87. The van der Waals surface area contributed by atoms with Crippen LogP contribution in [0.1, 0.15) is 70.3 Å². The van der Waals surface area contributed by atoms with Gasteiger partial charge in [0, 0.05) is 48.9 Å². The average Bonchev–Trinajstić information content (AvgIpc) is 3.02. The first kappa shape index (κ1) is 37.2. The van der Waals surface area contributed by atoms with Crippen molar-refractivity contribution in [1.29, 1.82) is 0 Å². The number of sulfonamides is 1. The number of carbonyl (C=O) groups is 3. The standard InChI is InChI=1S/C33H41F2N5O6S/c1-4-12-39(13-5-2)33(44)25-17-24(18-28(19-25)47(36,45)46)31(42)37-29(16-22-14-26(34)20-27(35)15-22)30(41)21-40(6-3)38-32(43)23-10-8-7-9-11-23/h7-11,14-15,17-20,29-30,41H,4-6,12-13,16,21H2,1-3H3,(H,37,42)(H,38,43)(H2,36,45,46). The Morgan fingerprint density at radius 2 is 1.45 bits per heavy atom. The number of nitrogens with zero attached hydrogens (tertiary/aromatic N) is 2. The summed E-state index contributed by atoms with van der Waals surface area (Å²) < 4.78 is 52.9. The summed E-state index contributed by atoms with van der Waals surface area (Å²) in [5.74, 6) is -3.54. The van der Waals surface area contributed by atoms with Gasteiger partial charge in [-0.1, -0.05) is 39.0 Å². The number of rotatable bonds is 16. The van der Waals surface area contributed by atoms with E-state index in [0.29, 0.717) is 37.6 Å². The number of halogens is 2. The molecule has 0 aromatic heterocycles. The van der Waals surface area contributed by atoms with Gasteiger partial charge in [0.05, 0.1) is 17.0 Å². The maximum absolute atomic E-state index is 14.1. The first-order chi connectivity index (χ1) is 22.2. The second kappa shape index (κ2) is 17.1. The van der Waals surface area contributed by atoms with E-state index in [4.69, 9.17) is 5.14 Å². The molecule has 3 rings (SSSR count). The molecule has 0 heterocycles. The molecule has 0 saturated carbocycles. The predicted octanol–water partition coefficient (Wildman–Crippen LogP) is 3.24. The molecule has 2 unspecified atom stereocenters. The van der Waals surface area contributed by atoms with Gasteiger partial charge in [-0.3, -0.25) is 19.8 Å². The molecule has 0 saturated heterocycles. The summed E-state index contributed by atoms with van der Waals surface area (Å²) in [5, 5.41) is 20.8. The Morgan fingerprint density at radius 3 is 2.00 bits per heavy atom. The van der Waals surface area contributed by atoms with Crippen LogP contribution in [0.15, 0.2) is 71.6 Å². The van der Waals surface area contributed by atoms with Crippen molar-refractivity contribution in [2.75, 3.05) is 26.2 Å². The molecule has 0 bridgehead atoms. The van der Waals surface area contributed by atoms with Crippen LogP contribution in [-0.4, -0.2) is 79.5 Å². The molecule has 11 nitrogen and oxygen atoms in total. The number of nitrogens with one attached hydrogen (secondary N) is 2. The SMILES string of the molecule is CCCN(CCC)C(=O)c1cc(C(=O)NC(Cc2cc(F)cc(F)c2)C(O)CN(CC)NC(=O)c2ccccc2)cc(S(N)(=O)=O)c1. The highest BCUT2D eigenvalue weighted by Crippen LogP contribution is 2.19. The van der Waals surface area contributed by atoms with E-state index < -0.39 is 56.4 Å². The van der Waals surface area contributed by atoms with E-state index >= 15 is 0 Å². The number of aliphatic hydroxyl groups is 1. The Morgan fingerprint density at radius 1 is 0.851 bits per heavy atom. The third-order valence-corrected chi connectivity index (χ3v) is 8.15. The number of hydrogen-bond donors (Lipinski definition) is 4. The molecule has 3 amide bonds. The van der Waals surface area contributed by atoms with Gasteiger partial charge in [-0.15, -0.1) is 0 Å². The van der Waals surface area contributed by atoms with Crippen molar-refractivity contribution in [1.82, 2.24) is 20.7 Å². The first-order valence-corrected chi connectivity index (χ1v) is 16.8. The summed E-state index contributed by atoms with van der Waals surface area (Å²) in [7, 11) is -4.35. The number of likely N-dealkylation sites (N-methyl/N-ethyl adjacent to an activating group) is 1. The van der Waals surface area contributed by atoms with Gasteiger partial charge in [0.25, 0.3) is 17.7 Å². The van der Waals surface area contributed by atoms with Gasteiger partial charge in [0.2, 0.25) is 10.0 Å². The van der Waals surface area contributed by atoms with Crippen LogP contribution < -0.4 is 15.9 Å². The zero-order valence-corrected chi connectivity index (χ0v) is 27.4. The fourth-order valence-corrected chi connectivity index (χ4v) is 5.56. The summed E-state index contributed by atoms with van der Waals surface area (Å²) >= 11 is 0. The lowest BCUT2D eigenvalue weighted by Gasteiger charge is -2.30. The molecular weight excluding hydrogens is 632 g/mol. The van der Waals surface area contributed by atoms with E-state index in [9.17, 15) is 36.7 Å². The van der Waals surface area contributed by atoms with Crippen LogP contribution in [0.4, 0.5) is 8.78 Å². The van der Waals surface area contributed by atoms with Gasteiger partial charge in [-0.2, -0.15) is 0 Å². The molecule has 2 atom stereocenters. The normalized spacial score (nSPS) is 12.8. The number of nitrogens with two attached hydrogens (primary N) is 1. The third-order valence-electron chi connectivity index (χ3n) is 7.26. The molecule has 254 valence electrons. The molecule has 14 heteroatoms. The second-order valence-electron chi connectivity index (χ2n) is 11.1. The maximum atomic E-state index is 14.1. The van der Waals surface area contributed by atoms with Crippen LogP contribution in [-0.2, 0) is 16.4 Å². The predicted molar refractivity (Wildman–Crippen MR) is 173 cm³/mol. The van der Waals surface area contributed by atoms with Crippen LogP contribution >= 0.6 is 0 Å². The van der Waals surface area contributed by atoms with Gasteiger partial charge in [-0.05, 0) is 67.3 Å². The molecule has 0 radical (unpaired) electrons. The summed E-state index contributed by atoms with van der Waals surface area (Å²) in [4.78, 5) is 40.8. The zero-order chi connectivity index (χ0) is 34.7. The van der Waals surface area contributed by atoms with Gasteiger partial charge < -0.3 is 15.3 Å². The third kappa shape index (κ3) is 10.9. The second-order valence-corrected chi connectivity index (χ2v) is 12.6. The van der Waals surface area contributed by atoms with Crippen molar-refractivity contribution in [3.05, 3.63) is 101 Å². The molecule has 0 aliphatic heterocycles. The molecule has 5 N–H and O–H groups in total. The van der Waals surface area contributed by atoms with Crippen LogP contribution in [0.25, 0.3) is 0 Å². The topological polar surface area (TPSA) is 162 Å². The van der Waals surface area contributed by atoms with Gasteiger partial charge in [0.15, 0.2) is 0 Å². The molecule has 0 spiro atoms. The average molecular weight is 674 g/mol. The minimum Gasteiger partial charge on any atom is -0.390 e. The number of aliphatic hydroxyl groups excluding tert-OH is 1. The van der Waals surface area contributed by atoms with Crippen LogP contribution in [0, 0.1) is 11.6 Å². The monoisotopic (exact) mass is 673 g/mol. The van der Waals surface area contributed by atoms with Gasteiger partial charge in [-0.25, -0.2) is 27.3 Å². The Labute approximate surface area is 273 Å². The number of hydrogen-bond acceptors (Lipinski definition) is 7. The lowest BCUT2D eigenvalue weighted by atomic mass is 9.99. The number of amides is 3. The van der Waals surface area contributed by atoms with Gasteiger partial charge >= 0.3 is 0 Å². The van der Waals surface area contributed by atoms with Crippen molar-refractivity contribution >= 4 is 27.7 Å². The van der Waals surface area contributed by atoms with E-state index in [0.717, 1.165) is 24.3 Å². The Hall–Kier alpha value is -4.24. The fraction of sp³-hybridized carbons (Fsp3) is 0.364. The number of primary sulfonamides is 1. The summed E-state index contributed by atoms with van der Waals surface area (Å²) in [6.45, 7) is 6.35. The van der Waals surface area contributed by atoms with Crippen LogP contribution in [0.3, 0.4) is 0 Å². The first-order valence-electron chi connectivity index (χ1n) is 15.3. The van der Waals surface area contributed by atoms with E-state index in [2.05, 4.69) is 10.7 Å². The molecule has 3 aromatic carbocycles. The van der Waals surface area contributed by atoms with Crippen molar-refractivity contribution in [3.63, 3.8) is 0 Å². The number of carbonyl (C=O) groups excluding carboxylic acids is 3. The lowest BCUT2D eigenvalue weighted by Crippen LogP contribution is -2.53. The van der Waals surface area contributed by atoms with Crippen molar-refractivity contribution in [3.8, 4) is 0 Å². The van der Waals surface area contributed by atoms with Crippen LogP contribution in [0.2, 0.25) is 0 Å². The molecule has 0 aliphatic carbocycles. The summed E-state index contributed by atoms with van der Waals surface area (Å²) in [6.07, 6.45) is -0.356. The minimum atomic E-state index is -4.35. The largest absolute Gasteiger partial charge is 0.390 e. The summed E-state index contributed by atoms with van der Waals surface area (Å²) in [6, 6.07) is 13.3. The van der Waals surface area contributed by atoms with Crippen molar-refractivity contribution in [2.24, 2.45) is 5.14 Å². The molecule has 0 aliphatic rings. The van der Waals surface area contributed by atoms with Gasteiger partial charge in [0.1, 0.15) is 11.6 Å². The Bertz CT molecular complexity index is 1630. The van der Waals surface area contributed by atoms with Crippen molar-refractivity contribution in [2.45, 2.75) is 57.1 Å². The maximum Gasteiger partial charge on any atom is 0.265 e. The van der Waals surface area contributed by atoms with E-state index in [1.807, 2.05) is 13.8 Å². The Kier molecular flexibility index (Phi) is 13.5. The molecule has 3 aromatic rings. The van der Waals surface area contributed by atoms with Crippen LogP contribution in [0.5, 0.6) is 0 Å². The Balaban J connectivity index is 1.96. The quantitative estimate of drug-likeness (QED) is 0.170. The lowest BCUT2D eigenvalue weighted by molar-refractivity contribution is 0.0470. The molecule has 47 heavy (non-hydrogen) atoms. The highest BCUT2D eigenvalue weighted by Gasteiger charge is 2.27. The zero-order valence-electron chi connectivity index (χ0n) is 26.6. The number of hydrazine groups is 1. The molecular formula is C33H41F2N5O6S. The minimum absolute atomic E-state index is 0.0753. The highest BCUT2D eigenvalue weighted by atomic mass is 32.2. The number of benzene rings is 3. The highest BCUT2D eigenvalue weighted by molar-refractivity contribution is 7.89.